The summed E-state index contributed by atoms with van der Waals surface area (Å²) in [5.74, 6) is -1.94. The van der Waals surface area contributed by atoms with Crippen LogP contribution >= 0.6 is 0 Å². The lowest BCUT2D eigenvalue weighted by atomic mass is 9.98. The summed E-state index contributed by atoms with van der Waals surface area (Å²) in [5, 5.41) is 2.24. The third-order valence-corrected chi connectivity index (χ3v) is 2.77. The maximum Gasteiger partial charge on any atom is 0.412 e. The first-order valence-corrected chi connectivity index (χ1v) is 6.06. The lowest BCUT2D eigenvalue weighted by molar-refractivity contribution is -0.155. The van der Waals surface area contributed by atoms with Gasteiger partial charge in [-0.1, -0.05) is 0 Å². The standard InChI is InChI=1S/C12H16F3NO4/c1-3-20-11(18)10(8-5-19-6-8)16-9(17)4-7(2)12(13,14)15/h4,8,10H,3,5-6H2,1-2H3,(H,16,17)/b7-4+. The van der Waals surface area contributed by atoms with E-state index in [-0.39, 0.29) is 25.7 Å². The van der Waals surface area contributed by atoms with Gasteiger partial charge in [0.15, 0.2) is 0 Å². The molecule has 1 heterocycles. The van der Waals surface area contributed by atoms with Gasteiger partial charge < -0.3 is 14.8 Å². The van der Waals surface area contributed by atoms with Crippen LogP contribution in [0.2, 0.25) is 0 Å². The lowest BCUT2D eigenvalue weighted by Crippen LogP contribution is -2.53. The molecule has 1 fully saturated rings. The number of carbonyl (C=O) groups is 2. The fourth-order valence-electron chi connectivity index (χ4n) is 1.52. The summed E-state index contributed by atoms with van der Waals surface area (Å²) in [6.45, 7) is 3.01. The summed E-state index contributed by atoms with van der Waals surface area (Å²) in [4.78, 5) is 23.2. The van der Waals surface area contributed by atoms with E-state index in [2.05, 4.69) is 5.32 Å². The Morgan fingerprint density at radius 2 is 2.05 bits per heavy atom. The zero-order chi connectivity index (χ0) is 15.3. The van der Waals surface area contributed by atoms with Crippen LogP contribution in [0.5, 0.6) is 0 Å². The third kappa shape index (κ3) is 4.52. The smallest absolute Gasteiger partial charge is 0.412 e. The predicted molar refractivity (Wildman–Crippen MR) is 62.7 cm³/mol. The van der Waals surface area contributed by atoms with E-state index >= 15 is 0 Å². The van der Waals surface area contributed by atoms with Crippen molar-refractivity contribution >= 4 is 11.9 Å². The Bertz CT molecular complexity index is 402. The molecular weight excluding hydrogens is 279 g/mol. The molecular formula is C12H16F3NO4. The maximum atomic E-state index is 12.3. The number of hydrogen-bond acceptors (Lipinski definition) is 4. The minimum Gasteiger partial charge on any atom is -0.464 e. The van der Waals surface area contributed by atoms with Gasteiger partial charge in [0.05, 0.1) is 19.8 Å². The molecule has 0 aromatic rings. The monoisotopic (exact) mass is 295 g/mol. The van der Waals surface area contributed by atoms with Crippen LogP contribution in [0, 0.1) is 5.92 Å². The number of hydrogen-bond donors (Lipinski definition) is 1. The van der Waals surface area contributed by atoms with E-state index in [0.717, 1.165) is 6.92 Å². The van der Waals surface area contributed by atoms with Gasteiger partial charge in [-0.15, -0.1) is 0 Å². The molecule has 8 heteroatoms. The van der Waals surface area contributed by atoms with Gasteiger partial charge in [0.2, 0.25) is 5.91 Å². The Morgan fingerprint density at radius 1 is 1.45 bits per heavy atom. The fourth-order valence-corrected chi connectivity index (χ4v) is 1.52. The van der Waals surface area contributed by atoms with Gasteiger partial charge in [0, 0.05) is 17.6 Å². The Labute approximate surface area is 114 Å². The second kappa shape index (κ2) is 6.74. The average molecular weight is 295 g/mol. The fraction of sp³-hybridized carbons (Fsp3) is 0.667. The molecule has 0 spiro atoms. The van der Waals surface area contributed by atoms with Crippen LogP contribution in [-0.4, -0.2) is 43.9 Å². The minimum absolute atomic E-state index is 0.121. The Hall–Kier alpha value is -1.57. The molecule has 0 radical (unpaired) electrons. The SMILES string of the molecule is CCOC(=O)C(NC(=O)/C=C(\C)C(F)(F)F)C1COC1. The van der Waals surface area contributed by atoms with Crippen molar-refractivity contribution in [2.24, 2.45) is 5.92 Å². The van der Waals surface area contributed by atoms with Crippen LogP contribution in [0.4, 0.5) is 13.2 Å². The zero-order valence-corrected chi connectivity index (χ0v) is 11.1. The van der Waals surface area contributed by atoms with Crippen LogP contribution in [0.25, 0.3) is 0 Å². The number of rotatable bonds is 5. The van der Waals surface area contributed by atoms with Crippen LogP contribution in [0.1, 0.15) is 13.8 Å². The Balaban J connectivity index is 2.70. The maximum absolute atomic E-state index is 12.3. The molecule has 0 saturated carbocycles. The van der Waals surface area contributed by atoms with E-state index in [1.54, 1.807) is 6.92 Å². The molecule has 20 heavy (non-hydrogen) atoms. The molecule has 0 aliphatic carbocycles. The van der Waals surface area contributed by atoms with Crippen molar-refractivity contribution in [3.8, 4) is 0 Å². The molecule has 1 saturated heterocycles. The van der Waals surface area contributed by atoms with Crippen molar-refractivity contribution in [3.63, 3.8) is 0 Å². The molecule has 0 bridgehead atoms. The highest BCUT2D eigenvalue weighted by Crippen LogP contribution is 2.24. The summed E-state index contributed by atoms with van der Waals surface area (Å²) in [6, 6.07) is -0.992. The Kier molecular flexibility index (Phi) is 5.55. The Morgan fingerprint density at radius 3 is 2.45 bits per heavy atom. The zero-order valence-electron chi connectivity index (χ0n) is 11.1. The first kappa shape index (κ1) is 16.5. The summed E-state index contributed by atoms with van der Waals surface area (Å²) in [5.41, 5.74) is -1.04. The largest absolute Gasteiger partial charge is 0.464 e. The second-order valence-electron chi connectivity index (χ2n) is 4.36. The van der Waals surface area contributed by atoms with E-state index in [9.17, 15) is 22.8 Å². The normalized spacial score (nSPS) is 18.1. The highest BCUT2D eigenvalue weighted by Gasteiger charge is 2.36. The van der Waals surface area contributed by atoms with Crippen LogP contribution in [-0.2, 0) is 19.1 Å². The number of ether oxygens (including phenoxy) is 2. The third-order valence-electron chi connectivity index (χ3n) is 2.77. The van der Waals surface area contributed by atoms with E-state index in [0.29, 0.717) is 6.08 Å². The van der Waals surface area contributed by atoms with Gasteiger partial charge in [-0.05, 0) is 13.8 Å². The topological polar surface area (TPSA) is 64.6 Å². The van der Waals surface area contributed by atoms with Crippen molar-refractivity contribution in [2.75, 3.05) is 19.8 Å². The van der Waals surface area contributed by atoms with Crippen LogP contribution in [0.3, 0.4) is 0 Å². The summed E-state index contributed by atoms with van der Waals surface area (Å²) in [6.07, 6.45) is -4.15. The van der Waals surface area contributed by atoms with Crippen molar-refractivity contribution in [1.29, 1.82) is 0 Å². The molecule has 0 aromatic carbocycles. The summed E-state index contributed by atoms with van der Waals surface area (Å²) < 4.78 is 46.6. The van der Waals surface area contributed by atoms with E-state index in [1.165, 1.54) is 0 Å². The van der Waals surface area contributed by atoms with Gasteiger partial charge in [-0.2, -0.15) is 13.2 Å². The highest BCUT2D eigenvalue weighted by molar-refractivity contribution is 5.92. The van der Waals surface area contributed by atoms with E-state index in [1.807, 2.05) is 0 Å². The van der Waals surface area contributed by atoms with E-state index in [4.69, 9.17) is 9.47 Å². The molecule has 1 aliphatic rings. The van der Waals surface area contributed by atoms with Crippen molar-refractivity contribution in [2.45, 2.75) is 26.1 Å². The number of carbonyl (C=O) groups excluding carboxylic acids is 2. The second-order valence-corrected chi connectivity index (χ2v) is 4.36. The van der Waals surface area contributed by atoms with Crippen molar-refractivity contribution in [3.05, 3.63) is 11.6 Å². The molecule has 1 atom stereocenters. The van der Waals surface area contributed by atoms with Crippen LogP contribution < -0.4 is 5.32 Å². The number of halogens is 3. The number of esters is 1. The van der Waals surface area contributed by atoms with Gasteiger partial charge in [-0.3, -0.25) is 4.79 Å². The number of allylic oxidation sites excluding steroid dienone is 1. The van der Waals surface area contributed by atoms with Gasteiger partial charge in [0.25, 0.3) is 0 Å². The molecule has 1 rings (SSSR count). The molecule has 1 N–H and O–H groups in total. The quantitative estimate of drug-likeness (QED) is 0.611. The molecule has 1 amide bonds. The summed E-state index contributed by atoms with van der Waals surface area (Å²) >= 11 is 0. The number of nitrogens with one attached hydrogen (secondary N) is 1. The molecule has 114 valence electrons. The van der Waals surface area contributed by atoms with Crippen molar-refractivity contribution < 1.29 is 32.2 Å². The predicted octanol–water partition coefficient (Wildman–Crippen LogP) is 1.19. The number of amides is 1. The molecule has 1 aliphatic heterocycles. The first-order chi connectivity index (χ1) is 9.25. The molecule has 1 unspecified atom stereocenters. The average Bonchev–Trinajstić information content (AvgIpc) is 2.24. The van der Waals surface area contributed by atoms with E-state index < -0.39 is 29.7 Å². The molecule has 0 aromatic heterocycles. The van der Waals surface area contributed by atoms with Gasteiger partial charge in [0.1, 0.15) is 6.04 Å². The lowest BCUT2D eigenvalue weighted by Gasteiger charge is -2.32. The van der Waals surface area contributed by atoms with Gasteiger partial charge >= 0.3 is 12.1 Å². The first-order valence-electron chi connectivity index (χ1n) is 6.06. The molecule has 5 nitrogen and oxygen atoms in total. The van der Waals surface area contributed by atoms with Crippen molar-refractivity contribution in [1.82, 2.24) is 5.32 Å². The summed E-state index contributed by atoms with van der Waals surface area (Å²) in [7, 11) is 0. The minimum atomic E-state index is -4.57. The van der Waals surface area contributed by atoms with Gasteiger partial charge in [-0.25, -0.2) is 4.79 Å². The highest BCUT2D eigenvalue weighted by atomic mass is 19.4. The van der Waals surface area contributed by atoms with Crippen LogP contribution in [0.15, 0.2) is 11.6 Å². The number of alkyl halides is 3.